The van der Waals surface area contributed by atoms with Crippen molar-refractivity contribution in [2.75, 3.05) is 31.1 Å². The number of β-amino-alcohol motifs (C(OH)–C–C–N with tert-alkyl or cyclic N) is 1. The molecule has 31 heavy (non-hydrogen) atoms. The van der Waals surface area contributed by atoms with Gasteiger partial charge in [-0.05, 0) is 66.6 Å². The molecule has 0 unspecified atom stereocenters. The second kappa shape index (κ2) is 9.17. The number of benzene rings is 3. The maximum absolute atomic E-state index is 13.3. The summed E-state index contributed by atoms with van der Waals surface area (Å²) in [6, 6.07) is 22.0. The van der Waals surface area contributed by atoms with Gasteiger partial charge >= 0.3 is 0 Å². The second-order valence-corrected chi connectivity index (χ2v) is 9.13. The van der Waals surface area contributed by atoms with Crippen LogP contribution in [-0.2, 0) is 5.60 Å². The third-order valence-electron chi connectivity index (χ3n) is 5.88. The van der Waals surface area contributed by atoms with Gasteiger partial charge in [-0.25, -0.2) is 4.39 Å². The first-order valence-corrected chi connectivity index (χ1v) is 11.1. The van der Waals surface area contributed by atoms with Crippen molar-refractivity contribution in [3.05, 3.63) is 99.8 Å². The Balaban J connectivity index is 1.58. The van der Waals surface area contributed by atoms with E-state index in [1.54, 1.807) is 19.1 Å². The molecule has 3 aromatic rings. The van der Waals surface area contributed by atoms with Crippen LogP contribution in [0.2, 0.25) is 10.0 Å². The van der Waals surface area contributed by atoms with Crippen molar-refractivity contribution in [3.63, 3.8) is 0 Å². The Bertz CT molecular complexity index is 1010. The van der Waals surface area contributed by atoms with Gasteiger partial charge < -0.3 is 10.0 Å². The van der Waals surface area contributed by atoms with Crippen molar-refractivity contribution in [2.24, 2.45) is 0 Å². The van der Waals surface area contributed by atoms with Gasteiger partial charge in [0.1, 0.15) is 5.82 Å². The molecule has 0 bridgehead atoms. The summed E-state index contributed by atoms with van der Waals surface area (Å²) in [5, 5.41) is 12.5. The number of rotatable bonds is 5. The summed E-state index contributed by atoms with van der Waals surface area (Å²) in [5.74, 6) is -0.307. The van der Waals surface area contributed by atoms with Crippen molar-refractivity contribution >= 4 is 28.9 Å². The van der Waals surface area contributed by atoms with Gasteiger partial charge in [0.2, 0.25) is 0 Å². The minimum absolute atomic E-state index is 0.0937. The van der Waals surface area contributed by atoms with Gasteiger partial charge in [-0.1, -0.05) is 47.5 Å². The fourth-order valence-electron chi connectivity index (χ4n) is 4.23. The predicted octanol–water partition coefficient (Wildman–Crippen LogP) is 5.90. The van der Waals surface area contributed by atoms with Crippen LogP contribution in [0.3, 0.4) is 0 Å². The average Bonchev–Trinajstić information content (AvgIpc) is 2.75. The molecule has 0 aliphatic carbocycles. The number of hydrogen-bond donors (Lipinski definition) is 1. The largest absolute Gasteiger partial charge is 0.384 e. The standard InChI is InChI=1S/C25H25Cl2FN2O/c1-25(31,19-4-10-22(28)11-5-19)17-29-14-15-30(23-12-8-21(27)9-13-23)24(16-29)18-2-6-20(26)7-3-18/h2-13,24,31H,14-17H2,1H3/t24-,25+/m0/s1. The van der Waals surface area contributed by atoms with E-state index in [2.05, 4.69) is 21.9 Å². The van der Waals surface area contributed by atoms with Crippen LogP contribution in [0.25, 0.3) is 0 Å². The maximum atomic E-state index is 13.3. The Kier molecular flexibility index (Phi) is 6.54. The summed E-state index contributed by atoms with van der Waals surface area (Å²) in [7, 11) is 0. The molecule has 0 amide bonds. The highest BCUT2D eigenvalue weighted by atomic mass is 35.5. The monoisotopic (exact) mass is 458 g/mol. The lowest BCUT2D eigenvalue weighted by atomic mass is 9.94. The molecule has 0 saturated carbocycles. The molecule has 4 rings (SSSR count). The summed E-state index contributed by atoms with van der Waals surface area (Å²) < 4.78 is 13.3. The van der Waals surface area contributed by atoms with Crippen LogP contribution in [0.4, 0.5) is 10.1 Å². The van der Waals surface area contributed by atoms with Crippen LogP contribution >= 0.6 is 23.2 Å². The number of piperazine rings is 1. The maximum Gasteiger partial charge on any atom is 0.123 e. The molecule has 162 valence electrons. The minimum atomic E-state index is -1.08. The molecule has 1 fully saturated rings. The summed E-state index contributed by atoms with van der Waals surface area (Å²) in [5.41, 5.74) is 1.89. The molecule has 1 aliphatic heterocycles. The van der Waals surface area contributed by atoms with Crippen LogP contribution in [0.1, 0.15) is 24.1 Å². The third-order valence-corrected chi connectivity index (χ3v) is 6.38. The SMILES string of the molecule is C[C@@](O)(CN1CCN(c2ccc(Cl)cc2)[C@H](c2ccc(Cl)cc2)C1)c1ccc(F)cc1. The Morgan fingerprint density at radius 3 is 2.10 bits per heavy atom. The molecule has 2 atom stereocenters. The molecule has 1 N–H and O–H groups in total. The second-order valence-electron chi connectivity index (χ2n) is 8.25. The molecule has 0 aromatic heterocycles. The molecule has 1 heterocycles. The van der Waals surface area contributed by atoms with E-state index in [1.165, 1.54) is 12.1 Å². The lowest BCUT2D eigenvalue weighted by Gasteiger charge is -2.45. The molecule has 1 aliphatic rings. The topological polar surface area (TPSA) is 26.7 Å². The van der Waals surface area contributed by atoms with E-state index >= 15 is 0 Å². The van der Waals surface area contributed by atoms with Crippen LogP contribution in [-0.4, -0.2) is 36.2 Å². The normalized spacial score (nSPS) is 19.3. The number of aliphatic hydroxyl groups is 1. The predicted molar refractivity (Wildman–Crippen MR) is 125 cm³/mol. The van der Waals surface area contributed by atoms with Crippen molar-refractivity contribution < 1.29 is 9.50 Å². The van der Waals surface area contributed by atoms with Gasteiger partial charge in [-0.3, -0.25) is 4.90 Å². The molecule has 3 nitrogen and oxygen atoms in total. The highest BCUT2D eigenvalue weighted by Gasteiger charge is 2.33. The van der Waals surface area contributed by atoms with E-state index in [0.717, 1.165) is 30.9 Å². The van der Waals surface area contributed by atoms with Gasteiger partial charge in [-0.2, -0.15) is 0 Å². The van der Waals surface area contributed by atoms with Gasteiger partial charge in [0, 0.05) is 41.9 Å². The van der Waals surface area contributed by atoms with Crippen LogP contribution in [0.5, 0.6) is 0 Å². The van der Waals surface area contributed by atoms with E-state index in [9.17, 15) is 9.50 Å². The molecule has 6 heteroatoms. The van der Waals surface area contributed by atoms with Gasteiger partial charge in [0.15, 0.2) is 0 Å². The number of nitrogens with zero attached hydrogens (tertiary/aromatic N) is 2. The number of halogens is 3. The Hall–Kier alpha value is -2.11. The van der Waals surface area contributed by atoms with Crippen molar-refractivity contribution in [1.29, 1.82) is 0 Å². The smallest absolute Gasteiger partial charge is 0.123 e. The molecule has 0 radical (unpaired) electrons. The zero-order valence-electron chi connectivity index (χ0n) is 17.3. The first-order chi connectivity index (χ1) is 14.8. The van der Waals surface area contributed by atoms with Gasteiger partial charge in [0.05, 0.1) is 11.6 Å². The van der Waals surface area contributed by atoms with E-state index in [4.69, 9.17) is 23.2 Å². The average molecular weight is 459 g/mol. The lowest BCUT2D eigenvalue weighted by Crippen LogP contribution is -2.52. The first-order valence-electron chi connectivity index (χ1n) is 10.3. The van der Waals surface area contributed by atoms with Crippen LogP contribution < -0.4 is 4.90 Å². The summed E-state index contributed by atoms with van der Waals surface area (Å²) in [4.78, 5) is 4.62. The zero-order chi connectivity index (χ0) is 22.0. The van der Waals surface area contributed by atoms with Gasteiger partial charge in [0.25, 0.3) is 0 Å². The molecular formula is C25H25Cl2FN2O. The third kappa shape index (κ3) is 5.21. The van der Waals surface area contributed by atoms with E-state index in [-0.39, 0.29) is 11.9 Å². The van der Waals surface area contributed by atoms with E-state index < -0.39 is 5.60 Å². The van der Waals surface area contributed by atoms with E-state index in [1.807, 2.05) is 36.4 Å². The van der Waals surface area contributed by atoms with Crippen LogP contribution in [0, 0.1) is 5.82 Å². The summed E-state index contributed by atoms with van der Waals surface area (Å²) in [6.45, 7) is 4.57. The lowest BCUT2D eigenvalue weighted by molar-refractivity contribution is 0.0102. The fourth-order valence-corrected chi connectivity index (χ4v) is 4.48. The molecule has 3 aromatic carbocycles. The molecular weight excluding hydrogens is 434 g/mol. The summed E-state index contributed by atoms with van der Waals surface area (Å²) >= 11 is 12.2. The number of anilines is 1. The number of hydrogen-bond acceptors (Lipinski definition) is 3. The highest BCUT2D eigenvalue weighted by molar-refractivity contribution is 6.30. The fraction of sp³-hybridized carbons (Fsp3) is 0.280. The zero-order valence-corrected chi connectivity index (χ0v) is 18.8. The van der Waals surface area contributed by atoms with Gasteiger partial charge in [-0.15, -0.1) is 0 Å². The van der Waals surface area contributed by atoms with Crippen molar-refractivity contribution in [3.8, 4) is 0 Å². The Morgan fingerprint density at radius 1 is 0.903 bits per heavy atom. The first kappa shape index (κ1) is 22.1. The summed E-state index contributed by atoms with van der Waals surface area (Å²) in [6.07, 6.45) is 0. The molecule has 0 spiro atoms. The minimum Gasteiger partial charge on any atom is -0.384 e. The Morgan fingerprint density at radius 2 is 1.48 bits per heavy atom. The quantitative estimate of drug-likeness (QED) is 0.515. The molecule has 1 saturated heterocycles. The Labute approximate surface area is 192 Å². The highest BCUT2D eigenvalue weighted by Crippen LogP contribution is 2.33. The van der Waals surface area contributed by atoms with Crippen molar-refractivity contribution in [2.45, 2.75) is 18.6 Å². The van der Waals surface area contributed by atoms with E-state index in [0.29, 0.717) is 22.2 Å². The van der Waals surface area contributed by atoms with Crippen LogP contribution in [0.15, 0.2) is 72.8 Å². The van der Waals surface area contributed by atoms with Crippen molar-refractivity contribution in [1.82, 2.24) is 4.90 Å².